The zero-order chi connectivity index (χ0) is 30.6. The molecule has 6 rings (SSSR count). The summed E-state index contributed by atoms with van der Waals surface area (Å²) >= 11 is 0. The summed E-state index contributed by atoms with van der Waals surface area (Å²) < 4.78 is 2.29. The summed E-state index contributed by atoms with van der Waals surface area (Å²) in [4.78, 5) is 30.9. The number of ketones is 1. The Morgan fingerprint density at radius 1 is 0.841 bits per heavy atom. The highest BCUT2D eigenvalue weighted by Gasteiger charge is 2.20. The molecule has 5 nitrogen and oxygen atoms in total. The Kier molecular flexibility index (Phi) is 8.74. The Morgan fingerprint density at radius 3 is 2.16 bits per heavy atom. The van der Waals surface area contributed by atoms with Gasteiger partial charge in [-0.3, -0.25) is 4.79 Å². The van der Waals surface area contributed by atoms with E-state index in [-0.39, 0.29) is 5.78 Å². The summed E-state index contributed by atoms with van der Waals surface area (Å²) in [5, 5.41) is 6.41. The summed E-state index contributed by atoms with van der Waals surface area (Å²) in [5.74, 6) is 0.307. The molecule has 0 radical (unpaired) electrons. The van der Waals surface area contributed by atoms with Gasteiger partial charge in [-0.05, 0) is 86.1 Å². The van der Waals surface area contributed by atoms with E-state index >= 15 is 0 Å². The Labute approximate surface area is 259 Å². The third kappa shape index (κ3) is 6.10. The molecule has 1 aliphatic rings. The third-order valence-corrected chi connectivity index (χ3v) is 9.23. The third-order valence-electron chi connectivity index (χ3n) is 9.23. The van der Waals surface area contributed by atoms with E-state index in [4.69, 9.17) is 4.84 Å². The van der Waals surface area contributed by atoms with Crippen LogP contribution < -0.4 is 0 Å². The molecule has 0 spiro atoms. The van der Waals surface area contributed by atoms with Crippen molar-refractivity contribution in [3.63, 3.8) is 0 Å². The number of carbonyl (C=O) groups is 2. The minimum atomic E-state index is -0.419. The number of nitrogens with zero attached hydrogens (tertiary/aromatic N) is 2. The molecule has 0 atom stereocenters. The van der Waals surface area contributed by atoms with Crippen LogP contribution in [0, 0.1) is 12.8 Å². The van der Waals surface area contributed by atoms with Crippen molar-refractivity contribution in [3.05, 3.63) is 118 Å². The summed E-state index contributed by atoms with van der Waals surface area (Å²) in [7, 11) is 0. The van der Waals surface area contributed by atoms with Crippen LogP contribution in [-0.4, -0.2) is 22.0 Å². The fourth-order valence-corrected chi connectivity index (χ4v) is 6.83. The maximum absolute atomic E-state index is 14.1. The molecule has 1 aliphatic carbocycles. The maximum Gasteiger partial charge on any atom is 0.331 e. The van der Waals surface area contributed by atoms with Crippen molar-refractivity contribution in [3.8, 4) is 0 Å². The molecule has 0 bridgehead atoms. The maximum atomic E-state index is 14.1. The number of rotatable bonds is 10. The summed E-state index contributed by atoms with van der Waals surface area (Å²) in [6.07, 6.45) is 7.61. The fourth-order valence-electron chi connectivity index (χ4n) is 6.83. The summed E-state index contributed by atoms with van der Waals surface area (Å²) in [6.45, 7) is 6.45. The number of aryl methyl sites for hydroxylation is 2. The molecule has 0 aliphatic heterocycles. The molecule has 1 heterocycles. The lowest BCUT2D eigenvalue weighted by molar-refractivity contribution is -0.140. The van der Waals surface area contributed by atoms with Crippen molar-refractivity contribution in [1.82, 2.24) is 4.57 Å². The SMILES string of the molecule is CCn1c2ccc(C(=O)c3ccccc3Cc3ccccc3C)cc2c2cc(C(CCC3CCCC3)=NOC(C)=O)ccc21. The van der Waals surface area contributed by atoms with Crippen LogP contribution in [0.3, 0.4) is 0 Å². The van der Waals surface area contributed by atoms with E-state index in [0.717, 1.165) is 63.6 Å². The van der Waals surface area contributed by atoms with Crippen molar-refractivity contribution in [2.45, 2.75) is 72.3 Å². The van der Waals surface area contributed by atoms with E-state index in [2.05, 4.69) is 72.1 Å². The van der Waals surface area contributed by atoms with Gasteiger partial charge in [0, 0.05) is 52.0 Å². The van der Waals surface area contributed by atoms with Gasteiger partial charge in [0.15, 0.2) is 5.78 Å². The van der Waals surface area contributed by atoms with E-state index in [1.54, 1.807) is 0 Å². The predicted molar refractivity (Wildman–Crippen MR) is 178 cm³/mol. The number of carbonyl (C=O) groups excluding carboxylic acids is 2. The van der Waals surface area contributed by atoms with Gasteiger partial charge in [-0.1, -0.05) is 85.4 Å². The first kappa shape index (κ1) is 29.6. The quantitative estimate of drug-likeness (QED) is 0.0712. The molecule has 1 saturated carbocycles. The standard InChI is InChI=1S/C39H40N2O3/c1-4-41-37-21-18-31(36(40-44-27(3)42)20-17-28-12-6-7-13-28)24-34(37)35-25-32(19-22-38(35)41)39(43)33-16-10-9-15-30(33)23-29-14-8-5-11-26(29)2/h5,8-11,14-16,18-19,21-22,24-25,28H,4,6-7,12-13,17,20,23H2,1-3H3. The largest absolute Gasteiger partial charge is 0.341 e. The van der Waals surface area contributed by atoms with E-state index in [9.17, 15) is 9.59 Å². The van der Waals surface area contributed by atoms with Gasteiger partial charge in [0.1, 0.15) is 0 Å². The van der Waals surface area contributed by atoms with Gasteiger partial charge in [0.05, 0.1) is 5.71 Å². The lowest BCUT2D eigenvalue weighted by Crippen LogP contribution is -2.07. The first-order valence-electron chi connectivity index (χ1n) is 15.9. The van der Waals surface area contributed by atoms with Crippen molar-refractivity contribution >= 4 is 39.3 Å². The second-order valence-corrected chi connectivity index (χ2v) is 12.1. The molecule has 0 amide bonds. The molecule has 0 N–H and O–H groups in total. The molecular formula is C39H40N2O3. The van der Waals surface area contributed by atoms with Crippen molar-refractivity contribution < 1.29 is 14.4 Å². The monoisotopic (exact) mass is 584 g/mol. The zero-order valence-corrected chi connectivity index (χ0v) is 25.9. The first-order chi connectivity index (χ1) is 21.4. The highest BCUT2D eigenvalue weighted by Crippen LogP contribution is 2.33. The number of hydrogen-bond acceptors (Lipinski definition) is 4. The van der Waals surface area contributed by atoms with E-state index < -0.39 is 5.97 Å². The number of fused-ring (bicyclic) bond motifs is 3. The van der Waals surface area contributed by atoms with Crippen LogP contribution in [0.1, 0.15) is 90.5 Å². The van der Waals surface area contributed by atoms with Gasteiger partial charge in [-0.15, -0.1) is 0 Å². The molecule has 5 heteroatoms. The Bertz CT molecular complexity index is 1870. The van der Waals surface area contributed by atoms with Gasteiger partial charge in [0.2, 0.25) is 0 Å². The highest BCUT2D eigenvalue weighted by atomic mass is 16.7. The lowest BCUT2D eigenvalue weighted by atomic mass is 9.92. The fraction of sp³-hybridized carbons (Fsp3) is 0.308. The van der Waals surface area contributed by atoms with Crippen LogP contribution in [0.2, 0.25) is 0 Å². The average molecular weight is 585 g/mol. The Morgan fingerprint density at radius 2 is 1.48 bits per heavy atom. The predicted octanol–water partition coefficient (Wildman–Crippen LogP) is 9.18. The normalized spacial score (nSPS) is 14.0. The van der Waals surface area contributed by atoms with Gasteiger partial charge >= 0.3 is 5.97 Å². The highest BCUT2D eigenvalue weighted by molar-refractivity contribution is 6.16. The molecule has 1 aromatic heterocycles. The summed E-state index contributed by atoms with van der Waals surface area (Å²) in [6, 6.07) is 28.7. The second-order valence-electron chi connectivity index (χ2n) is 12.1. The molecule has 1 fully saturated rings. The van der Waals surface area contributed by atoms with Crippen molar-refractivity contribution in [2.75, 3.05) is 0 Å². The smallest absolute Gasteiger partial charge is 0.331 e. The number of benzene rings is 4. The van der Waals surface area contributed by atoms with E-state index in [0.29, 0.717) is 17.9 Å². The number of aromatic nitrogens is 1. The first-order valence-corrected chi connectivity index (χ1v) is 15.9. The number of oxime groups is 1. The minimum Gasteiger partial charge on any atom is -0.341 e. The summed E-state index contributed by atoms with van der Waals surface area (Å²) in [5.41, 5.74) is 8.82. The van der Waals surface area contributed by atoms with Crippen LogP contribution >= 0.6 is 0 Å². The van der Waals surface area contributed by atoms with Crippen molar-refractivity contribution in [1.29, 1.82) is 0 Å². The van der Waals surface area contributed by atoms with Crippen LogP contribution in [0.5, 0.6) is 0 Å². The van der Waals surface area contributed by atoms with Crippen molar-refractivity contribution in [2.24, 2.45) is 11.1 Å². The molecule has 44 heavy (non-hydrogen) atoms. The van der Waals surface area contributed by atoms with Gasteiger partial charge < -0.3 is 9.40 Å². The van der Waals surface area contributed by atoms with Gasteiger partial charge in [-0.25, -0.2) is 4.79 Å². The van der Waals surface area contributed by atoms with E-state index in [1.165, 1.54) is 43.7 Å². The second kappa shape index (κ2) is 13.0. The van der Waals surface area contributed by atoms with E-state index in [1.807, 2.05) is 36.4 Å². The number of hydrogen-bond donors (Lipinski definition) is 0. The minimum absolute atomic E-state index is 0.0262. The molecule has 224 valence electrons. The molecule has 4 aromatic carbocycles. The van der Waals surface area contributed by atoms with Crippen LogP contribution in [0.4, 0.5) is 0 Å². The Balaban J connectivity index is 1.39. The molecular weight excluding hydrogens is 544 g/mol. The topological polar surface area (TPSA) is 60.7 Å². The zero-order valence-electron chi connectivity index (χ0n) is 25.9. The average Bonchev–Trinajstić information content (AvgIpc) is 3.67. The van der Waals surface area contributed by atoms with Crippen LogP contribution in [-0.2, 0) is 22.6 Å². The molecule has 5 aromatic rings. The van der Waals surface area contributed by atoms with Crippen LogP contribution in [0.15, 0.2) is 90.1 Å². The van der Waals surface area contributed by atoms with Crippen LogP contribution in [0.25, 0.3) is 21.8 Å². The molecule has 0 unspecified atom stereocenters. The Hall–Kier alpha value is -4.51. The van der Waals surface area contributed by atoms with Gasteiger partial charge in [-0.2, -0.15) is 0 Å². The lowest BCUT2D eigenvalue weighted by Gasteiger charge is -2.11. The molecule has 0 saturated heterocycles. The van der Waals surface area contributed by atoms with Gasteiger partial charge in [0.25, 0.3) is 0 Å².